The van der Waals surface area contributed by atoms with Crippen LogP contribution in [0.4, 0.5) is 16.2 Å². The number of benzene rings is 1. The largest absolute Gasteiger partial charge is 0.454 e. The zero-order valence-corrected chi connectivity index (χ0v) is 15.6. The van der Waals surface area contributed by atoms with Crippen LogP contribution in [-0.2, 0) is 9.59 Å². The van der Waals surface area contributed by atoms with Crippen molar-refractivity contribution in [3.8, 4) is 11.5 Å². The van der Waals surface area contributed by atoms with E-state index in [-0.39, 0.29) is 25.1 Å². The molecule has 0 radical (unpaired) electrons. The second-order valence-corrected chi connectivity index (χ2v) is 6.85. The van der Waals surface area contributed by atoms with Gasteiger partial charge in [0.05, 0.1) is 11.4 Å². The molecule has 27 heavy (non-hydrogen) atoms. The Morgan fingerprint density at radius 2 is 1.89 bits per heavy atom. The number of amides is 4. The molecule has 1 spiro atoms. The summed E-state index contributed by atoms with van der Waals surface area (Å²) in [4.78, 5) is 38.7. The molecule has 2 fully saturated rings. The fourth-order valence-electron chi connectivity index (χ4n) is 3.73. The lowest BCUT2D eigenvalue weighted by atomic mass is 9.97. The highest BCUT2D eigenvalue weighted by molar-refractivity contribution is 6.11. The number of nitrogen functional groups attached to an aromatic ring is 1. The SMILES string of the molecule is CC(C(=O)Nc1cc2c(cc1N)OCO2)N1C(=O)NC2(CCCC2)C1=O.Cl. The molecular formula is C17H21ClN4O5. The van der Waals surface area contributed by atoms with Gasteiger partial charge in [-0.05, 0) is 19.8 Å². The summed E-state index contributed by atoms with van der Waals surface area (Å²) in [5.41, 5.74) is 5.74. The van der Waals surface area contributed by atoms with Crippen molar-refractivity contribution in [2.24, 2.45) is 0 Å². The first-order valence-corrected chi connectivity index (χ1v) is 8.57. The number of anilines is 2. The van der Waals surface area contributed by atoms with E-state index >= 15 is 0 Å². The molecule has 1 aliphatic carbocycles. The van der Waals surface area contributed by atoms with Crippen LogP contribution < -0.4 is 25.8 Å². The zero-order chi connectivity index (χ0) is 18.5. The Hall–Kier alpha value is -2.68. The zero-order valence-electron chi connectivity index (χ0n) is 14.7. The number of rotatable bonds is 3. The molecule has 9 nitrogen and oxygen atoms in total. The number of hydrogen-bond acceptors (Lipinski definition) is 6. The van der Waals surface area contributed by atoms with Gasteiger partial charge in [0.2, 0.25) is 12.7 Å². The number of nitrogens with one attached hydrogen (secondary N) is 2. The third-order valence-electron chi connectivity index (χ3n) is 5.22. The van der Waals surface area contributed by atoms with Crippen LogP contribution in [0.2, 0.25) is 0 Å². The van der Waals surface area contributed by atoms with Crippen molar-refractivity contribution in [1.29, 1.82) is 0 Å². The van der Waals surface area contributed by atoms with E-state index in [1.807, 2.05) is 0 Å². The summed E-state index contributed by atoms with van der Waals surface area (Å²) in [5.74, 6) is 0.142. The molecule has 2 aliphatic heterocycles. The molecule has 146 valence electrons. The molecule has 1 unspecified atom stereocenters. The minimum Gasteiger partial charge on any atom is -0.454 e. The van der Waals surface area contributed by atoms with Gasteiger partial charge in [-0.2, -0.15) is 0 Å². The number of fused-ring (bicyclic) bond motifs is 1. The van der Waals surface area contributed by atoms with E-state index in [4.69, 9.17) is 15.2 Å². The maximum absolute atomic E-state index is 12.8. The number of halogens is 1. The van der Waals surface area contributed by atoms with E-state index in [1.54, 1.807) is 12.1 Å². The van der Waals surface area contributed by atoms with E-state index in [1.165, 1.54) is 6.92 Å². The van der Waals surface area contributed by atoms with Crippen molar-refractivity contribution in [3.63, 3.8) is 0 Å². The first-order chi connectivity index (χ1) is 12.4. The van der Waals surface area contributed by atoms with Crippen LogP contribution in [0, 0.1) is 0 Å². The van der Waals surface area contributed by atoms with Gasteiger partial charge in [0.1, 0.15) is 11.6 Å². The summed E-state index contributed by atoms with van der Waals surface area (Å²) >= 11 is 0. The lowest BCUT2D eigenvalue weighted by molar-refractivity contribution is -0.136. The van der Waals surface area contributed by atoms with Gasteiger partial charge < -0.3 is 25.8 Å². The normalized spacial score (nSPS) is 20.4. The molecule has 2 heterocycles. The maximum atomic E-state index is 12.8. The van der Waals surface area contributed by atoms with Crippen molar-refractivity contribution < 1.29 is 23.9 Å². The standard InChI is InChI=1S/C17H20N4O5.ClH/c1-9(21-15(23)17(20-16(21)24)4-2-3-5-17)14(22)19-11-7-13-12(6-10(11)18)25-8-26-13;/h6-7,9H,2-5,8,18H2,1H3,(H,19,22)(H,20,24);1H. The average molecular weight is 397 g/mol. The van der Waals surface area contributed by atoms with E-state index in [0.29, 0.717) is 35.7 Å². The first-order valence-electron chi connectivity index (χ1n) is 8.57. The molecular weight excluding hydrogens is 376 g/mol. The summed E-state index contributed by atoms with van der Waals surface area (Å²) < 4.78 is 10.5. The Morgan fingerprint density at radius 3 is 2.56 bits per heavy atom. The molecule has 1 aromatic carbocycles. The number of carbonyl (C=O) groups is 3. The van der Waals surface area contributed by atoms with Crippen LogP contribution in [0.15, 0.2) is 12.1 Å². The van der Waals surface area contributed by atoms with Gasteiger partial charge in [0.25, 0.3) is 5.91 Å². The summed E-state index contributed by atoms with van der Waals surface area (Å²) in [6, 6.07) is 1.63. The van der Waals surface area contributed by atoms with Crippen LogP contribution in [0.5, 0.6) is 11.5 Å². The van der Waals surface area contributed by atoms with Gasteiger partial charge in [0, 0.05) is 12.1 Å². The van der Waals surface area contributed by atoms with Crippen molar-refractivity contribution in [2.45, 2.75) is 44.2 Å². The first kappa shape index (κ1) is 19.1. The summed E-state index contributed by atoms with van der Waals surface area (Å²) in [6.45, 7) is 1.61. The molecule has 1 saturated heterocycles. The van der Waals surface area contributed by atoms with Crippen molar-refractivity contribution in [2.75, 3.05) is 17.8 Å². The second-order valence-electron chi connectivity index (χ2n) is 6.85. The minimum absolute atomic E-state index is 0. The number of hydrogen-bond donors (Lipinski definition) is 3. The number of imide groups is 1. The predicted octanol–water partition coefficient (Wildman–Crippen LogP) is 1.61. The summed E-state index contributed by atoms with van der Waals surface area (Å²) in [7, 11) is 0. The lowest BCUT2D eigenvalue weighted by Gasteiger charge is -2.23. The van der Waals surface area contributed by atoms with Gasteiger partial charge in [-0.15, -0.1) is 12.4 Å². The number of carbonyl (C=O) groups excluding carboxylic acids is 3. The number of urea groups is 1. The molecule has 3 aliphatic rings. The smallest absolute Gasteiger partial charge is 0.325 e. The van der Waals surface area contributed by atoms with E-state index in [2.05, 4.69) is 10.6 Å². The third-order valence-corrected chi connectivity index (χ3v) is 5.22. The molecule has 1 aromatic rings. The average Bonchev–Trinajstić information content (AvgIpc) is 3.29. The Kier molecular flexibility index (Phi) is 4.81. The van der Waals surface area contributed by atoms with E-state index in [0.717, 1.165) is 17.7 Å². The van der Waals surface area contributed by atoms with Gasteiger partial charge in [-0.25, -0.2) is 9.69 Å². The topological polar surface area (TPSA) is 123 Å². The predicted molar refractivity (Wildman–Crippen MR) is 98.9 cm³/mol. The van der Waals surface area contributed by atoms with Crippen LogP contribution in [0.1, 0.15) is 32.6 Å². The fraction of sp³-hybridized carbons (Fsp3) is 0.471. The number of nitrogens with two attached hydrogens (primary N) is 1. The third kappa shape index (κ3) is 3.01. The Balaban J connectivity index is 0.00000210. The van der Waals surface area contributed by atoms with Crippen LogP contribution in [0.3, 0.4) is 0 Å². The van der Waals surface area contributed by atoms with Gasteiger partial charge >= 0.3 is 6.03 Å². The van der Waals surface area contributed by atoms with Gasteiger partial charge in [-0.3, -0.25) is 9.59 Å². The van der Waals surface area contributed by atoms with E-state index in [9.17, 15) is 14.4 Å². The van der Waals surface area contributed by atoms with Crippen LogP contribution in [0.25, 0.3) is 0 Å². The Morgan fingerprint density at radius 1 is 1.26 bits per heavy atom. The molecule has 1 atom stereocenters. The van der Waals surface area contributed by atoms with Crippen molar-refractivity contribution >= 4 is 41.6 Å². The highest BCUT2D eigenvalue weighted by Gasteiger charge is 2.54. The van der Waals surface area contributed by atoms with Gasteiger partial charge in [0.15, 0.2) is 11.5 Å². The highest BCUT2D eigenvalue weighted by Crippen LogP contribution is 2.39. The van der Waals surface area contributed by atoms with Crippen molar-refractivity contribution in [1.82, 2.24) is 10.2 Å². The highest BCUT2D eigenvalue weighted by atomic mass is 35.5. The molecule has 0 aromatic heterocycles. The molecule has 4 N–H and O–H groups in total. The quantitative estimate of drug-likeness (QED) is 0.527. The molecule has 0 bridgehead atoms. The second kappa shape index (κ2) is 6.80. The van der Waals surface area contributed by atoms with Crippen LogP contribution >= 0.6 is 12.4 Å². The van der Waals surface area contributed by atoms with Gasteiger partial charge in [-0.1, -0.05) is 12.8 Å². The van der Waals surface area contributed by atoms with Crippen LogP contribution in [-0.4, -0.2) is 41.1 Å². The number of ether oxygens (including phenoxy) is 2. The monoisotopic (exact) mass is 396 g/mol. The molecule has 10 heteroatoms. The summed E-state index contributed by atoms with van der Waals surface area (Å²) in [6.07, 6.45) is 2.98. The lowest BCUT2D eigenvalue weighted by Crippen LogP contribution is -2.48. The summed E-state index contributed by atoms with van der Waals surface area (Å²) in [5, 5.41) is 5.43. The Bertz CT molecular complexity index is 809. The van der Waals surface area contributed by atoms with Crippen molar-refractivity contribution in [3.05, 3.63) is 12.1 Å². The molecule has 1 saturated carbocycles. The number of nitrogens with zero attached hydrogens (tertiary/aromatic N) is 1. The molecule has 4 rings (SSSR count). The Labute approximate surface area is 161 Å². The fourth-order valence-corrected chi connectivity index (χ4v) is 3.73. The maximum Gasteiger partial charge on any atom is 0.325 e. The molecule has 4 amide bonds. The minimum atomic E-state index is -0.965. The van der Waals surface area contributed by atoms with E-state index < -0.39 is 23.5 Å².